The zero-order valence-electron chi connectivity index (χ0n) is 26.1. The van der Waals surface area contributed by atoms with Crippen LogP contribution in [0.15, 0.2) is 60.9 Å². The molecule has 45 heavy (non-hydrogen) atoms. The third-order valence-electron chi connectivity index (χ3n) is 6.95. The van der Waals surface area contributed by atoms with Gasteiger partial charge in [-0.05, 0) is 77.8 Å². The number of benzene rings is 2. The highest BCUT2D eigenvalue weighted by Gasteiger charge is 2.37. The van der Waals surface area contributed by atoms with E-state index in [1.54, 1.807) is 65.8 Å². The summed E-state index contributed by atoms with van der Waals surface area (Å²) in [6.07, 6.45) is -2.63. The predicted molar refractivity (Wildman–Crippen MR) is 166 cm³/mol. The van der Waals surface area contributed by atoms with E-state index in [4.69, 9.17) is 14.2 Å². The number of anilines is 1. The van der Waals surface area contributed by atoms with Crippen molar-refractivity contribution in [3.8, 4) is 22.6 Å². The van der Waals surface area contributed by atoms with E-state index in [-0.39, 0.29) is 34.7 Å². The van der Waals surface area contributed by atoms with Crippen LogP contribution in [0.2, 0.25) is 0 Å². The summed E-state index contributed by atoms with van der Waals surface area (Å²) in [7, 11) is 0. The van der Waals surface area contributed by atoms with E-state index in [9.17, 15) is 9.59 Å². The second kappa shape index (κ2) is 12.3. The van der Waals surface area contributed by atoms with E-state index in [0.717, 1.165) is 0 Å². The Morgan fingerprint density at radius 1 is 0.911 bits per heavy atom. The molecule has 5 rings (SSSR count). The number of fused-ring (bicyclic) bond motifs is 1. The lowest BCUT2D eigenvalue weighted by Gasteiger charge is -2.25. The minimum Gasteiger partial charge on any atom is -0.457 e. The molecule has 238 valence electrons. The van der Waals surface area contributed by atoms with Crippen molar-refractivity contribution in [3.63, 3.8) is 0 Å². The van der Waals surface area contributed by atoms with Crippen molar-refractivity contribution in [1.29, 1.82) is 0 Å². The van der Waals surface area contributed by atoms with E-state index >= 15 is 8.78 Å². The van der Waals surface area contributed by atoms with Crippen LogP contribution in [0.4, 0.5) is 24.2 Å². The number of alkyl halides is 2. The Balaban J connectivity index is 1.62. The number of aromatic nitrogens is 3. The normalized spacial score (nSPS) is 15.4. The fourth-order valence-electron chi connectivity index (χ4n) is 5.28. The molecule has 12 heteroatoms. The molecule has 1 N–H and O–H groups in total. The van der Waals surface area contributed by atoms with Crippen LogP contribution >= 0.6 is 0 Å². The smallest absolute Gasteiger partial charge is 0.413 e. The van der Waals surface area contributed by atoms with E-state index in [0.29, 0.717) is 30.0 Å². The van der Waals surface area contributed by atoms with Crippen molar-refractivity contribution in [1.82, 2.24) is 19.4 Å². The summed E-state index contributed by atoms with van der Waals surface area (Å²) < 4.78 is 48.8. The Morgan fingerprint density at radius 2 is 1.56 bits per heavy atom. The van der Waals surface area contributed by atoms with Gasteiger partial charge in [0.05, 0.1) is 17.1 Å². The average Bonchev–Trinajstić information content (AvgIpc) is 3.56. The number of carbonyl (C=O) groups excluding carboxylic acids is 2. The average molecular weight is 622 g/mol. The topological polar surface area (TPSA) is 108 Å². The van der Waals surface area contributed by atoms with Gasteiger partial charge in [0.2, 0.25) is 0 Å². The minimum absolute atomic E-state index is 0.0245. The molecular formula is C33H37F2N5O5. The van der Waals surface area contributed by atoms with E-state index in [1.807, 2.05) is 30.3 Å². The molecule has 0 aliphatic carbocycles. The van der Waals surface area contributed by atoms with Crippen LogP contribution in [-0.4, -0.2) is 55.9 Å². The summed E-state index contributed by atoms with van der Waals surface area (Å²) in [4.78, 5) is 35.9. The summed E-state index contributed by atoms with van der Waals surface area (Å²) in [5.74, 6) is 1.17. The lowest BCUT2D eigenvalue weighted by Crippen LogP contribution is -2.35. The van der Waals surface area contributed by atoms with Gasteiger partial charge in [-0.3, -0.25) is 5.32 Å². The first kappa shape index (κ1) is 31.7. The van der Waals surface area contributed by atoms with Gasteiger partial charge in [-0.2, -0.15) is 0 Å². The van der Waals surface area contributed by atoms with Gasteiger partial charge in [-0.15, -0.1) is 0 Å². The Kier molecular flexibility index (Phi) is 8.68. The van der Waals surface area contributed by atoms with Crippen LogP contribution in [0.5, 0.6) is 11.5 Å². The molecule has 1 aliphatic heterocycles. The van der Waals surface area contributed by atoms with Crippen molar-refractivity contribution in [2.45, 2.75) is 71.6 Å². The SMILES string of the molecule is CC(C)(C)OC(=O)Nc1ncnc2c1c(-c1ccc(Oc3ccccc3)cc1)c(C(F)F)n2C1CCN(C(=O)OC(C)(C)C)C1. The molecular weight excluding hydrogens is 584 g/mol. The van der Waals surface area contributed by atoms with Crippen LogP contribution in [0.25, 0.3) is 22.2 Å². The maximum absolute atomic E-state index is 15.2. The first-order valence-corrected chi connectivity index (χ1v) is 14.7. The third kappa shape index (κ3) is 7.33. The van der Waals surface area contributed by atoms with Crippen molar-refractivity contribution >= 4 is 29.0 Å². The summed E-state index contributed by atoms with van der Waals surface area (Å²) in [5, 5.41) is 2.87. The van der Waals surface area contributed by atoms with Gasteiger partial charge in [-0.1, -0.05) is 30.3 Å². The van der Waals surface area contributed by atoms with E-state index in [1.165, 1.54) is 15.8 Å². The number of amides is 2. The fraction of sp³-hybridized carbons (Fsp3) is 0.394. The highest BCUT2D eigenvalue weighted by atomic mass is 19.3. The molecule has 1 unspecified atom stereocenters. The quantitative estimate of drug-likeness (QED) is 0.230. The summed E-state index contributed by atoms with van der Waals surface area (Å²) in [6.45, 7) is 10.9. The molecule has 2 amide bonds. The van der Waals surface area contributed by atoms with Crippen molar-refractivity contribution in [2.75, 3.05) is 18.4 Å². The van der Waals surface area contributed by atoms with Gasteiger partial charge in [0.1, 0.15) is 40.5 Å². The summed E-state index contributed by atoms with van der Waals surface area (Å²) >= 11 is 0. The monoisotopic (exact) mass is 621 g/mol. The molecule has 0 saturated carbocycles. The number of hydrogen-bond donors (Lipinski definition) is 1. The molecule has 3 heterocycles. The number of ether oxygens (including phenoxy) is 3. The summed E-state index contributed by atoms with van der Waals surface area (Å²) in [5.41, 5.74) is -1.01. The maximum Gasteiger partial charge on any atom is 0.413 e. The minimum atomic E-state index is -2.93. The second-order valence-corrected chi connectivity index (χ2v) is 12.8. The van der Waals surface area contributed by atoms with Gasteiger partial charge in [0.25, 0.3) is 6.43 Å². The molecule has 2 aromatic heterocycles. The van der Waals surface area contributed by atoms with Crippen LogP contribution in [0.1, 0.15) is 66.1 Å². The van der Waals surface area contributed by atoms with Gasteiger partial charge in [0.15, 0.2) is 0 Å². The standard InChI is InChI=1S/C33H37F2N5O5/c1-32(2,3)44-30(41)38-28-25-24(20-12-14-23(15-13-20)43-22-10-8-7-9-11-22)26(27(34)35)40(29(25)37-19-36-28)21-16-17-39(18-21)31(42)45-33(4,5)6/h7-15,19,21,27H,16-18H2,1-6H3,(H,36,37,38,41). The van der Waals surface area contributed by atoms with Gasteiger partial charge in [-0.25, -0.2) is 28.3 Å². The number of nitrogens with one attached hydrogen (secondary N) is 1. The zero-order chi connectivity index (χ0) is 32.5. The molecule has 1 aliphatic rings. The van der Waals surface area contributed by atoms with Gasteiger partial charge < -0.3 is 23.7 Å². The third-order valence-corrected chi connectivity index (χ3v) is 6.95. The summed E-state index contributed by atoms with van der Waals surface area (Å²) in [6, 6.07) is 15.4. The molecule has 0 spiro atoms. The largest absolute Gasteiger partial charge is 0.457 e. The number of hydrogen-bond acceptors (Lipinski definition) is 7. The molecule has 1 fully saturated rings. The molecule has 4 aromatic rings. The molecule has 0 bridgehead atoms. The van der Waals surface area contributed by atoms with Crippen LogP contribution in [0.3, 0.4) is 0 Å². The predicted octanol–water partition coefficient (Wildman–Crippen LogP) is 8.36. The van der Waals surface area contributed by atoms with Crippen LogP contribution in [-0.2, 0) is 9.47 Å². The van der Waals surface area contributed by atoms with Gasteiger partial charge >= 0.3 is 12.2 Å². The number of rotatable bonds is 6. The lowest BCUT2D eigenvalue weighted by atomic mass is 10.0. The molecule has 1 atom stereocenters. The van der Waals surface area contributed by atoms with Crippen molar-refractivity contribution in [3.05, 3.63) is 66.6 Å². The number of carbonyl (C=O) groups is 2. The highest BCUT2D eigenvalue weighted by Crippen LogP contribution is 2.45. The van der Waals surface area contributed by atoms with E-state index < -0.39 is 35.9 Å². The zero-order valence-corrected chi connectivity index (χ0v) is 26.1. The van der Waals surface area contributed by atoms with Crippen molar-refractivity contribution < 1.29 is 32.6 Å². The molecule has 10 nitrogen and oxygen atoms in total. The van der Waals surface area contributed by atoms with E-state index in [2.05, 4.69) is 15.3 Å². The number of halogens is 2. The first-order valence-electron chi connectivity index (χ1n) is 14.7. The van der Waals surface area contributed by atoms with Gasteiger partial charge in [0, 0.05) is 18.7 Å². The lowest BCUT2D eigenvalue weighted by molar-refractivity contribution is 0.0288. The highest BCUT2D eigenvalue weighted by molar-refractivity contribution is 6.06. The molecule has 1 saturated heterocycles. The molecule has 0 radical (unpaired) electrons. The Labute approximate surface area is 260 Å². The van der Waals surface area contributed by atoms with Crippen molar-refractivity contribution in [2.24, 2.45) is 0 Å². The first-order chi connectivity index (χ1) is 21.2. The number of para-hydroxylation sites is 1. The van der Waals surface area contributed by atoms with Crippen LogP contribution in [0, 0.1) is 0 Å². The Morgan fingerprint density at radius 3 is 2.18 bits per heavy atom. The fourth-order valence-corrected chi connectivity index (χ4v) is 5.28. The Hall–Kier alpha value is -4.74. The molecule has 2 aromatic carbocycles. The maximum atomic E-state index is 15.2. The Bertz CT molecular complexity index is 1680. The van der Waals surface area contributed by atoms with Crippen LogP contribution < -0.4 is 10.1 Å². The number of likely N-dealkylation sites (tertiary alicyclic amines) is 1. The second-order valence-electron chi connectivity index (χ2n) is 12.8. The number of nitrogens with zero attached hydrogens (tertiary/aromatic N) is 4.